The molecule has 3 aromatic rings. The van der Waals surface area contributed by atoms with Gasteiger partial charge in [0, 0.05) is 22.3 Å². The molecule has 1 aromatic heterocycles. The summed E-state index contributed by atoms with van der Waals surface area (Å²) in [7, 11) is 0. The molecule has 1 N–H and O–H groups in total. The number of rotatable bonds is 4. The van der Waals surface area contributed by atoms with Crippen LogP contribution in [0.15, 0.2) is 71.5 Å². The van der Waals surface area contributed by atoms with E-state index < -0.39 is 0 Å². The van der Waals surface area contributed by atoms with Gasteiger partial charge >= 0.3 is 0 Å². The molecule has 0 aliphatic rings. The largest absolute Gasteiger partial charge is 0.867 e. The molecular weight excluding hydrogens is 468 g/mol. The number of aromatic nitrogens is 1. The minimum atomic E-state index is -0.149. The van der Waals surface area contributed by atoms with E-state index in [0.717, 1.165) is 21.3 Å². The predicted octanol–water partition coefficient (Wildman–Crippen LogP) is 5.78. The van der Waals surface area contributed by atoms with Crippen LogP contribution >= 0.6 is 28.1 Å². The SMILES string of the molecule is Cc1ccc(C)c(NC(=S)/C(=C(\[O-])c2ccccc2Br)[n+]2ccc(C(C)(C)C)cc2)c1. The van der Waals surface area contributed by atoms with Crippen molar-refractivity contribution >= 4 is 50.3 Å². The summed E-state index contributed by atoms with van der Waals surface area (Å²) in [5.74, 6) is -0.149. The lowest BCUT2D eigenvalue weighted by Gasteiger charge is -2.20. The maximum absolute atomic E-state index is 13.6. The molecule has 0 amide bonds. The van der Waals surface area contributed by atoms with Crippen LogP contribution in [0, 0.1) is 13.8 Å². The molecule has 0 spiro atoms. The van der Waals surface area contributed by atoms with E-state index in [1.165, 1.54) is 5.56 Å². The standard InChI is InChI=1S/C26H27BrN2OS/c1-17-10-11-18(2)22(16-17)28-25(31)23(24(30)20-8-6-7-9-21(20)27)29-14-12-19(13-15-29)26(3,4)5/h6-16H,1-5H3,(H-,28,30,31). The fraction of sp³-hybridized carbons (Fsp3) is 0.231. The van der Waals surface area contributed by atoms with E-state index in [9.17, 15) is 5.11 Å². The zero-order valence-electron chi connectivity index (χ0n) is 18.5. The van der Waals surface area contributed by atoms with Gasteiger partial charge in [0.2, 0.25) is 5.70 Å². The first kappa shape index (κ1) is 23.2. The lowest BCUT2D eigenvalue weighted by Crippen LogP contribution is -2.40. The number of benzene rings is 2. The monoisotopic (exact) mass is 494 g/mol. The van der Waals surface area contributed by atoms with Crippen molar-refractivity contribution in [3.05, 3.63) is 93.7 Å². The maximum atomic E-state index is 13.6. The number of halogens is 1. The molecule has 5 heteroatoms. The zero-order valence-corrected chi connectivity index (χ0v) is 20.9. The van der Waals surface area contributed by atoms with Gasteiger partial charge < -0.3 is 10.4 Å². The number of nitrogens with zero attached hydrogens (tertiary/aromatic N) is 1. The van der Waals surface area contributed by atoms with Crippen LogP contribution in [0.3, 0.4) is 0 Å². The second-order valence-corrected chi connectivity index (χ2v) is 9.94. The quantitative estimate of drug-likeness (QED) is 0.216. The minimum absolute atomic E-state index is 0.0170. The summed E-state index contributed by atoms with van der Waals surface area (Å²) in [4.78, 5) is 0.378. The highest BCUT2D eigenvalue weighted by molar-refractivity contribution is 9.10. The van der Waals surface area contributed by atoms with Crippen molar-refractivity contribution < 1.29 is 9.67 Å². The summed E-state index contributed by atoms with van der Waals surface area (Å²) < 4.78 is 2.54. The van der Waals surface area contributed by atoms with Gasteiger partial charge in [0.1, 0.15) is 0 Å². The molecule has 0 unspecified atom stereocenters. The van der Waals surface area contributed by atoms with E-state index >= 15 is 0 Å². The van der Waals surface area contributed by atoms with E-state index in [-0.39, 0.29) is 11.2 Å². The van der Waals surface area contributed by atoms with Gasteiger partial charge in [0.15, 0.2) is 17.4 Å². The third kappa shape index (κ3) is 5.41. The number of pyridine rings is 1. The van der Waals surface area contributed by atoms with Crippen LogP contribution in [0.2, 0.25) is 0 Å². The van der Waals surface area contributed by atoms with Crippen LogP contribution in [0.4, 0.5) is 5.69 Å². The first-order chi connectivity index (χ1) is 14.6. The van der Waals surface area contributed by atoms with Crippen molar-refractivity contribution in [3.63, 3.8) is 0 Å². The molecule has 0 bridgehead atoms. The number of hydrogen-bond acceptors (Lipinski definition) is 2. The molecule has 3 rings (SSSR count). The van der Waals surface area contributed by atoms with Crippen LogP contribution in [-0.4, -0.2) is 4.99 Å². The van der Waals surface area contributed by atoms with Crippen molar-refractivity contribution in [1.29, 1.82) is 0 Å². The molecule has 0 aliphatic heterocycles. The smallest absolute Gasteiger partial charge is 0.238 e. The number of hydrogen-bond donors (Lipinski definition) is 1. The summed E-state index contributed by atoms with van der Waals surface area (Å²) in [6.45, 7) is 10.5. The Hall–Kier alpha value is -2.50. The van der Waals surface area contributed by atoms with Gasteiger partial charge in [0.25, 0.3) is 0 Å². The second kappa shape index (κ2) is 9.33. The predicted molar refractivity (Wildman–Crippen MR) is 135 cm³/mol. The van der Waals surface area contributed by atoms with Crippen molar-refractivity contribution in [2.24, 2.45) is 0 Å². The zero-order chi connectivity index (χ0) is 22.8. The molecule has 0 radical (unpaired) electrons. The van der Waals surface area contributed by atoms with E-state index in [1.54, 1.807) is 10.6 Å². The number of anilines is 1. The van der Waals surface area contributed by atoms with Gasteiger partial charge in [-0.05, 0) is 59.4 Å². The lowest BCUT2D eigenvalue weighted by molar-refractivity contribution is -0.577. The van der Waals surface area contributed by atoms with Gasteiger partial charge in [-0.3, -0.25) is 0 Å². The number of thiocarbonyl (C=S) groups is 1. The van der Waals surface area contributed by atoms with Crippen LogP contribution in [-0.2, 0) is 5.41 Å². The molecule has 0 atom stereocenters. The highest BCUT2D eigenvalue weighted by atomic mass is 79.9. The highest BCUT2D eigenvalue weighted by Crippen LogP contribution is 2.26. The summed E-state index contributed by atoms with van der Waals surface area (Å²) in [5.41, 5.74) is 5.26. The van der Waals surface area contributed by atoms with E-state index in [4.69, 9.17) is 12.2 Å². The molecule has 3 nitrogen and oxygen atoms in total. The molecule has 1 heterocycles. The Labute approximate surface area is 198 Å². The summed E-state index contributed by atoms with van der Waals surface area (Å²) in [5, 5.41) is 16.9. The molecule has 0 fully saturated rings. The number of nitrogens with one attached hydrogen (secondary N) is 1. The molecule has 0 saturated heterocycles. The Morgan fingerprint density at radius 2 is 1.65 bits per heavy atom. The van der Waals surface area contributed by atoms with Gasteiger partial charge in [-0.15, -0.1) is 0 Å². The Morgan fingerprint density at radius 1 is 1.00 bits per heavy atom. The summed E-state index contributed by atoms with van der Waals surface area (Å²) in [6.07, 6.45) is 3.81. The lowest BCUT2D eigenvalue weighted by atomic mass is 9.88. The van der Waals surface area contributed by atoms with Gasteiger partial charge in [-0.25, -0.2) is 0 Å². The fourth-order valence-electron chi connectivity index (χ4n) is 3.24. The summed E-state index contributed by atoms with van der Waals surface area (Å²) >= 11 is 9.27. The topological polar surface area (TPSA) is 39.0 Å². The molecule has 0 saturated carbocycles. The third-order valence-corrected chi connectivity index (χ3v) is 6.13. The highest BCUT2D eigenvalue weighted by Gasteiger charge is 2.22. The minimum Gasteiger partial charge on any atom is -0.867 e. The fourth-order valence-corrected chi connectivity index (χ4v) is 4.01. The molecule has 31 heavy (non-hydrogen) atoms. The van der Waals surface area contributed by atoms with Gasteiger partial charge in [0.05, 0.1) is 0 Å². The summed E-state index contributed by atoms with van der Waals surface area (Å²) in [6, 6.07) is 17.6. The Kier molecular flexibility index (Phi) is 6.97. The van der Waals surface area contributed by atoms with E-state index in [0.29, 0.717) is 16.2 Å². The average molecular weight is 495 g/mol. The maximum Gasteiger partial charge on any atom is 0.238 e. The van der Waals surface area contributed by atoms with Gasteiger partial charge in [-0.1, -0.05) is 79.3 Å². The second-order valence-electron chi connectivity index (χ2n) is 8.67. The Bertz CT molecular complexity index is 1140. The van der Waals surface area contributed by atoms with Crippen LogP contribution < -0.4 is 15.0 Å². The van der Waals surface area contributed by atoms with Crippen LogP contribution in [0.5, 0.6) is 0 Å². The Morgan fingerprint density at radius 3 is 2.26 bits per heavy atom. The van der Waals surface area contributed by atoms with E-state index in [2.05, 4.69) is 48.1 Å². The van der Waals surface area contributed by atoms with Crippen LogP contribution in [0.25, 0.3) is 11.5 Å². The molecule has 0 aliphatic carbocycles. The van der Waals surface area contributed by atoms with Crippen LogP contribution in [0.1, 0.15) is 43.0 Å². The molecule has 2 aromatic carbocycles. The number of aryl methyl sites for hydroxylation is 2. The van der Waals surface area contributed by atoms with Crippen molar-refractivity contribution in [2.75, 3.05) is 5.32 Å². The first-order valence-corrected chi connectivity index (χ1v) is 11.3. The molecule has 160 valence electrons. The first-order valence-electron chi connectivity index (χ1n) is 10.1. The van der Waals surface area contributed by atoms with Crippen molar-refractivity contribution in [3.8, 4) is 0 Å². The van der Waals surface area contributed by atoms with Gasteiger partial charge in [-0.2, -0.15) is 4.57 Å². The van der Waals surface area contributed by atoms with Crippen molar-refractivity contribution in [1.82, 2.24) is 0 Å². The normalized spacial score (nSPS) is 12.3. The third-order valence-electron chi connectivity index (χ3n) is 5.14. The Balaban J connectivity index is 2.13. The average Bonchev–Trinajstić information content (AvgIpc) is 2.71. The van der Waals surface area contributed by atoms with Crippen molar-refractivity contribution in [2.45, 2.75) is 40.0 Å². The molecular formula is C26H27BrN2OS. The van der Waals surface area contributed by atoms with E-state index in [1.807, 2.05) is 68.7 Å².